The zero-order chi connectivity index (χ0) is 12.8. The van der Waals surface area contributed by atoms with Crippen molar-refractivity contribution >= 4 is 5.91 Å². The topological polar surface area (TPSA) is 55.8 Å². The smallest absolute Gasteiger partial charge is 0.237 e. The Balaban J connectivity index is 1.88. The van der Waals surface area contributed by atoms with Crippen molar-refractivity contribution in [2.45, 2.75) is 31.7 Å². The summed E-state index contributed by atoms with van der Waals surface area (Å²) < 4.78 is 0. The third-order valence-corrected chi connectivity index (χ3v) is 3.98. The minimum absolute atomic E-state index is 0.0444. The Morgan fingerprint density at radius 3 is 2.67 bits per heavy atom. The maximum Gasteiger partial charge on any atom is 0.237 e. The van der Waals surface area contributed by atoms with Gasteiger partial charge in [-0.2, -0.15) is 0 Å². The van der Waals surface area contributed by atoms with Crippen LogP contribution in [0.15, 0.2) is 0 Å². The van der Waals surface area contributed by atoms with E-state index in [0.717, 1.165) is 52.0 Å². The molecule has 0 spiro atoms. The molecule has 2 aliphatic heterocycles. The van der Waals surface area contributed by atoms with Crippen LogP contribution in [0.5, 0.6) is 0 Å². The van der Waals surface area contributed by atoms with Crippen LogP contribution in [0.3, 0.4) is 0 Å². The number of nitrogens with one attached hydrogen (secondary N) is 1. The fourth-order valence-corrected chi connectivity index (χ4v) is 2.85. The zero-order valence-corrected chi connectivity index (χ0v) is 11.1. The van der Waals surface area contributed by atoms with E-state index in [4.69, 9.17) is 0 Å². The van der Waals surface area contributed by atoms with Gasteiger partial charge in [0.15, 0.2) is 0 Å². The van der Waals surface area contributed by atoms with Crippen molar-refractivity contribution in [3.05, 3.63) is 0 Å². The predicted molar refractivity (Wildman–Crippen MR) is 70.4 cm³/mol. The lowest BCUT2D eigenvalue weighted by atomic mass is 10.1. The van der Waals surface area contributed by atoms with Crippen LogP contribution in [0.4, 0.5) is 0 Å². The summed E-state index contributed by atoms with van der Waals surface area (Å²) in [5.41, 5.74) is 0. The van der Waals surface area contributed by atoms with Crippen molar-refractivity contribution in [1.29, 1.82) is 0 Å². The second-order valence-electron chi connectivity index (χ2n) is 5.30. The molecule has 0 aromatic heterocycles. The number of nitrogens with zero attached hydrogens (tertiary/aromatic N) is 2. The molecule has 5 heteroatoms. The van der Waals surface area contributed by atoms with Gasteiger partial charge in [-0.05, 0) is 12.8 Å². The molecule has 0 saturated carbocycles. The second-order valence-corrected chi connectivity index (χ2v) is 5.30. The van der Waals surface area contributed by atoms with Crippen LogP contribution < -0.4 is 5.32 Å². The lowest BCUT2D eigenvalue weighted by molar-refractivity contribution is -0.135. The van der Waals surface area contributed by atoms with Gasteiger partial charge in [0.2, 0.25) is 5.91 Å². The lowest BCUT2D eigenvalue weighted by Gasteiger charge is -2.33. The van der Waals surface area contributed by atoms with Crippen molar-refractivity contribution in [3.8, 4) is 0 Å². The van der Waals surface area contributed by atoms with Crippen molar-refractivity contribution in [2.24, 2.45) is 0 Å². The molecule has 2 fully saturated rings. The summed E-state index contributed by atoms with van der Waals surface area (Å²) in [7, 11) is 0. The number of likely N-dealkylation sites (tertiary alicyclic amines) is 1. The summed E-state index contributed by atoms with van der Waals surface area (Å²) in [6.45, 7) is 5.27. The van der Waals surface area contributed by atoms with E-state index in [1.54, 1.807) is 0 Å². The van der Waals surface area contributed by atoms with E-state index < -0.39 is 0 Å². The normalized spacial score (nSPS) is 26.9. The number of amides is 1. The van der Waals surface area contributed by atoms with E-state index in [0.29, 0.717) is 6.54 Å². The molecule has 2 heterocycles. The average molecular weight is 255 g/mol. The molecule has 2 N–H and O–H groups in total. The summed E-state index contributed by atoms with van der Waals surface area (Å²) in [4.78, 5) is 16.5. The average Bonchev–Trinajstić information content (AvgIpc) is 2.64. The van der Waals surface area contributed by atoms with Gasteiger partial charge in [0.1, 0.15) is 0 Å². The molecule has 1 unspecified atom stereocenters. The Hall–Kier alpha value is -0.650. The molecule has 1 atom stereocenters. The molecule has 0 aliphatic carbocycles. The van der Waals surface area contributed by atoms with E-state index in [1.807, 2.05) is 4.90 Å². The second kappa shape index (κ2) is 7.07. The first-order valence-electron chi connectivity index (χ1n) is 7.14. The van der Waals surface area contributed by atoms with Crippen LogP contribution >= 0.6 is 0 Å². The molecule has 5 nitrogen and oxygen atoms in total. The summed E-state index contributed by atoms with van der Waals surface area (Å²) >= 11 is 0. The summed E-state index contributed by atoms with van der Waals surface area (Å²) in [5, 5.41) is 12.7. The predicted octanol–water partition coefficient (Wildman–Crippen LogP) is -0.345. The van der Waals surface area contributed by atoms with Gasteiger partial charge in [-0.1, -0.05) is 12.8 Å². The molecule has 0 bridgehead atoms. The van der Waals surface area contributed by atoms with E-state index in [2.05, 4.69) is 10.2 Å². The van der Waals surface area contributed by atoms with E-state index in [-0.39, 0.29) is 18.6 Å². The Bertz CT molecular complexity index is 267. The SMILES string of the molecule is O=C(CN1CCNCC1)N1CCCCCC1CO. The fraction of sp³-hybridized carbons (Fsp3) is 0.923. The monoisotopic (exact) mass is 255 g/mol. The van der Waals surface area contributed by atoms with E-state index >= 15 is 0 Å². The summed E-state index contributed by atoms with van der Waals surface area (Å²) in [6, 6.07) is 0.0444. The van der Waals surface area contributed by atoms with Gasteiger partial charge in [-0.25, -0.2) is 0 Å². The molecule has 0 aromatic rings. The Kier molecular flexibility index (Phi) is 5.41. The number of aliphatic hydroxyl groups is 1. The number of piperazine rings is 1. The van der Waals surface area contributed by atoms with Gasteiger partial charge in [-0.15, -0.1) is 0 Å². The maximum absolute atomic E-state index is 12.3. The largest absolute Gasteiger partial charge is 0.394 e. The van der Waals surface area contributed by atoms with Gasteiger partial charge >= 0.3 is 0 Å². The highest BCUT2D eigenvalue weighted by molar-refractivity contribution is 5.78. The maximum atomic E-state index is 12.3. The Morgan fingerprint density at radius 2 is 1.94 bits per heavy atom. The number of aliphatic hydroxyl groups excluding tert-OH is 1. The molecule has 0 radical (unpaired) electrons. The molecule has 2 aliphatic rings. The fourth-order valence-electron chi connectivity index (χ4n) is 2.85. The zero-order valence-electron chi connectivity index (χ0n) is 11.1. The molecule has 104 valence electrons. The molecule has 1 amide bonds. The standard InChI is InChI=1S/C13H25N3O2/c17-11-12-4-2-1-3-7-16(12)13(18)10-15-8-5-14-6-9-15/h12,14,17H,1-11H2. The third kappa shape index (κ3) is 3.67. The van der Waals surface area contributed by atoms with Crippen molar-refractivity contribution in [1.82, 2.24) is 15.1 Å². The van der Waals surface area contributed by atoms with Crippen molar-refractivity contribution in [3.63, 3.8) is 0 Å². The van der Waals surface area contributed by atoms with E-state index in [1.165, 1.54) is 6.42 Å². The first-order chi connectivity index (χ1) is 8.81. The third-order valence-electron chi connectivity index (χ3n) is 3.98. The van der Waals surface area contributed by atoms with Crippen LogP contribution in [-0.2, 0) is 4.79 Å². The summed E-state index contributed by atoms with van der Waals surface area (Å²) in [5.74, 6) is 0.192. The van der Waals surface area contributed by atoms with Crippen LogP contribution in [0.2, 0.25) is 0 Å². The number of carbonyl (C=O) groups is 1. The van der Waals surface area contributed by atoms with Gasteiger partial charge in [0.25, 0.3) is 0 Å². The van der Waals surface area contributed by atoms with Crippen molar-refractivity contribution in [2.75, 3.05) is 45.9 Å². The first-order valence-corrected chi connectivity index (χ1v) is 7.14. The highest BCUT2D eigenvalue weighted by Gasteiger charge is 2.26. The summed E-state index contributed by atoms with van der Waals surface area (Å²) in [6.07, 6.45) is 4.32. The minimum Gasteiger partial charge on any atom is -0.394 e. The number of hydrogen-bond donors (Lipinski definition) is 2. The highest BCUT2D eigenvalue weighted by Crippen LogP contribution is 2.16. The quantitative estimate of drug-likeness (QED) is 0.724. The van der Waals surface area contributed by atoms with Gasteiger partial charge in [0.05, 0.1) is 19.2 Å². The number of hydrogen-bond acceptors (Lipinski definition) is 4. The van der Waals surface area contributed by atoms with E-state index in [9.17, 15) is 9.90 Å². The minimum atomic E-state index is 0.0444. The molecule has 0 aromatic carbocycles. The lowest BCUT2D eigenvalue weighted by Crippen LogP contribution is -2.51. The number of carbonyl (C=O) groups excluding carboxylic acids is 1. The molecule has 18 heavy (non-hydrogen) atoms. The Labute approximate surface area is 109 Å². The molecular formula is C13H25N3O2. The van der Waals surface area contributed by atoms with Crippen LogP contribution in [-0.4, -0.2) is 72.7 Å². The van der Waals surface area contributed by atoms with Gasteiger partial charge < -0.3 is 15.3 Å². The van der Waals surface area contributed by atoms with Crippen LogP contribution in [0.1, 0.15) is 25.7 Å². The Morgan fingerprint density at radius 1 is 1.17 bits per heavy atom. The molecule has 2 saturated heterocycles. The van der Waals surface area contributed by atoms with Crippen LogP contribution in [0, 0.1) is 0 Å². The number of rotatable bonds is 3. The van der Waals surface area contributed by atoms with Gasteiger partial charge in [0, 0.05) is 32.7 Å². The molecular weight excluding hydrogens is 230 g/mol. The first kappa shape index (κ1) is 13.8. The van der Waals surface area contributed by atoms with Gasteiger partial charge in [-0.3, -0.25) is 9.69 Å². The highest BCUT2D eigenvalue weighted by atomic mass is 16.3. The van der Waals surface area contributed by atoms with Crippen molar-refractivity contribution < 1.29 is 9.90 Å². The van der Waals surface area contributed by atoms with Crippen LogP contribution in [0.25, 0.3) is 0 Å². The molecule has 2 rings (SSSR count).